The largest absolute Gasteiger partial charge is 0.508 e. The Morgan fingerprint density at radius 1 is 1.09 bits per heavy atom. The number of thiazole rings is 1. The number of aryl methyl sites for hydroxylation is 1. The van der Waals surface area contributed by atoms with E-state index in [4.69, 9.17) is 0 Å². The molecule has 3 N–H and O–H groups in total. The van der Waals surface area contributed by atoms with E-state index < -0.39 is 11.6 Å². The Morgan fingerprint density at radius 2 is 1.80 bits per heavy atom. The summed E-state index contributed by atoms with van der Waals surface area (Å²) >= 11 is 1.29. The van der Waals surface area contributed by atoms with Gasteiger partial charge in [0.15, 0.2) is 5.13 Å². The second-order valence-corrected chi connectivity index (χ2v) is 10.1. The molecule has 3 aromatic rings. The van der Waals surface area contributed by atoms with E-state index in [1.54, 1.807) is 29.8 Å². The number of hydrogen-bond acceptors (Lipinski definition) is 6. The fourth-order valence-electron chi connectivity index (χ4n) is 3.53. The van der Waals surface area contributed by atoms with Gasteiger partial charge in [-0.25, -0.2) is 4.98 Å². The Balaban J connectivity index is 1.96. The Labute approximate surface area is 209 Å². The number of aromatic nitrogens is 1. The standard InChI is InChI=1S/C26H30N4O4S/c1-17-6-5-7-19(16-17)30(22(33)13-12-21(32)28-25-27-14-15-35-25)23(24(34)29-26(2,3)4)18-8-10-20(31)11-9-18/h5-11,14-16,23,31H,12-13H2,1-4H3,(H,29,34)(H,27,28,32)/t23-/m0/s1. The van der Waals surface area contributed by atoms with E-state index in [9.17, 15) is 19.5 Å². The summed E-state index contributed by atoms with van der Waals surface area (Å²) in [5, 5.41) is 17.6. The summed E-state index contributed by atoms with van der Waals surface area (Å²) in [5.74, 6) is -1.04. The van der Waals surface area contributed by atoms with Crippen molar-refractivity contribution in [3.63, 3.8) is 0 Å². The highest BCUT2D eigenvalue weighted by Crippen LogP contribution is 2.31. The lowest BCUT2D eigenvalue weighted by Gasteiger charge is -2.34. The molecule has 0 radical (unpaired) electrons. The molecule has 3 amide bonds. The van der Waals surface area contributed by atoms with Gasteiger partial charge in [0.2, 0.25) is 17.7 Å². The van der Waals surface area contributed by atoms with Crippen molar-refractivity contribution in [2.45, 2.75) is 52.1 Å². The van der Waals surface area contributed by atoms with Crippen LogP contribution in [0.15, 0.2) is 60.1 Å². The average molecular weight is 495 g/mol. The van der Waals surface area contributed by atoms with E-state index in [1.807, 2.05) is 45.9 Å². The predicted molar refractivity (Wildman–Crippen MR) is 137 cm³/mol. The number of hydrogen-bond donors (Lipinski definition) is 3. The van der Waals surface area contributed by atoms with E-state index in [0.29, 0.717) is 16.4 Å². The highest BCUT2D eigenvalue weighted by molar-refractivity contribution is 7.13. The van der Waals surface area contributed by atoms with Crippen molar-refractivity contribution in [1.82, 2.24) is 10.3 Å². The Kier molecular flexibility index (Phi) is 8.24. The maximum absolute atomic E-state index is 13.6. The molecule has 35 heavy (non-hydrogen) atoms. The Bertz CT molecular complexity index is 1170. The summed E-state index contributed by atoms with van der Waals surface area (Å²) < 4.78 is 0. The third-order valence-electron chi connectivity index (χ3n) is 5.01. The van der Waals surface area contributed by atoms with Crippen molar-refractivity contribution >= 4 is 39.9 Å². The molecule has 2 aromatic carbocycles. The number of anilines is 2. The van der Waals surface area contributed by atoms with Crippen LogP contribution in [0.1, 0.15) is 50.8 Å². The number of rotatable bonds is 8. The Morgan fingerprint density at radius 3 is 2.40 bits per heavy atom. The van der Waals surface area contributed by atoms with Crippen LogP contribution in [0, 0.1) is 6.92 Å². The van der Waals surface area contributed by atoms with Crippen LogP contribution in [-0.2, 0) is 14.4 Å². The lowest BCUT2D eigenvalue weighted by atomic mass is 9.99. The monoisotopic (exact) mass is 494 g/mol. The van der Waals surface area contributed by atoms with Crippen molar-refractivity contribution < 1.29 is 19.5 Å². The number of aromatic hydroxyl groups is 1. The van der Waals surface area contributed by atoms with Gasteiger partial charge in [-0.2, -0.15) is 0 Å². The molecule has 0 unspecified atom stereocenters. The van der Waals surface area contributed by atoms with Gasteiger partial charge in [0.05, 0.1) is 0 Å². The minimum atomic E-state index is -1.01. The molecular weight excluding hydrogens is 464 g/mol. The number of nitrogens with one attached hydrogen (secondary N) is 2. The molecule has 0 saturated heterocycles. The van der Waals surface area contributed by atoms with Crippen molar-refractivity contribution in [3.05, 3.63) is 71.2 Å². The SMILES string of the molecule is Cc1cccc(N(C(=O)CCC(=O)Nc2nccs2)[C@H](C(=O)NC(C)(C)C)c2ccc(O)cc2)c1. The number of benzene rings is 2. The topological polar surface area (TPSA) is 112 Å². The van der Waals surface area contributed by atoms with Crippen LogP contribution in [0.3, 0.4) is 0 Å². The van der Waals surface area contributed by atoms with Gasteiger partial charge in [-0.1, -0.05) is 24.3 Å². The lowest BCUT2D eigenvalue weighted by Crippen LogP contribution is -2.49. The van der Waals surface area contributed by atoms with Crippen LogP contribution in [0.5, 0.6) is 5.75 Å². The molecule has 1 heterocycles. The summed E-state index contributed by atoms with van der Waals surface area (Å²) in [5.41, 5.74) is 1.45. The van der Waals surface area contributed by atoms with Crippen LogP contribution in [0.25, 0.3) is 0 Å². The molecule has 0 aliphatic carbocycles. The average Bonchev–Trinajstić information content (AvgIpc) is 3.28. The van der Waals surface area contributed by atoms with Gasteiger partial charge < -0.3 is 15.7 Å². The summed E-state index contributed by atoms with van der Waals surface area (Å²) in [6.45, 7) is 7.49. The van der Waals surface area contributed by atoms with Crippen LogP contribution >= 0.6 is 11.3 Å². The van der Waals surface area contributed by atoms with E-state index in [0.717, 1.165) is 5.56 Å². The summed E-state index contributed by atoms with van der Waals surface area (Å²) in [6, 6.07) is 12.5. The second kappa shape index (κ2) is 11.1. The third kappa shape index (κ3) is 7.38. The van der Waals surface area contributed by atoms with Gasteiger partial charge in [-0.3, -0.25) is 19.3 Å². The number of carbonyl (C=O) groups is 3. The third-order valence-corrected chi connectivity index (χ3v) is 5.70. The molecule has 0 bridgehead atoms. The molecule has 8 nitrogen and oxygen atoms in total. The molecule has 184 valence electrons. The van der Waals surface area contributed by atoms with Gasteiger partial charge in [-0.15, -0.1) is 11.3 Å². The molecule has 0 aliphatic heterocycles. The Hall–Kier alpha value is -3.72. The normalized spacial score (nSPS) is 12.0. The number of carbonyl (C=O) groups excluding carboxylic acids is 3. The van der Waals surface area contributed by atoms with Gasteiger partial charge in [0, 0.05) is 35.6 Å². The summed E-state index contributed by atoms with van der Waals surface area (Å²) in [6.07, 6.45) is 1.41. The van der Waals surface area contributed by atoms with Crippen molar-refractivity contribution in [2.24, 2.45) is 0 Å². The smallest absolute Gasteiger partial charge is 0.248 e. The van der Waals surface area contributed by atoms with E-state index in [-0.39, 0.29) is 36.3 Å². The van der Waals surface area contributed by atoms with Crippen LogP contribution < -0.4 is 15.5 Å². The number of nitrogens with zero attached hydrogens (tertiary/aromatic N) is 2. The fourth-order valence-corrected chi connectivity index (χ4v) is 4.08. The molecule has 1 atom stereocenters. The zero-order chi connectivity index (χ0) is 25.6. The molecule has 0 fully saturated rings. The highest BCUT2D eigenvalue weighted by Gasteiger charge is 2.34. The quantitative estimate of drug-likeness (QED) is 0.425. The van der Waals surface area contributed by atoms with E-state index >= 15 is 0 Å². The predicted octanol–water partition coefficient (Wildman–Crippen LogP) is 4.57. The van der Waals surface area contributed by atoms with Crippen LogP contribution in [0.2, 0.25) is 0 Å². The molecule has 0 aliphatic rings. The molecule has 3 rings (SSSR count). The first-order valence-electron chi connectivity index (χ1n) is 11.2. The fraction of sp³-hybridized carbons (Fsp3) is 0.308. The van der Waals surface area contributed by atoms with Crippen LogP contribution in [-0.4, -0.2) is 33.4 Å². The molecule has 1 aromatic heterocycles. The van der Waals surface area contributed by atoms with Crippen molar-refractivity contribution in [3.8, 4) is 5.75 Å². The molecule has 0 saturated carbocycles. The van der Waals surface area contributed by atoms with Crippen molar-refractivity contribution in [2.75, 3.05) is 10.2 Å². The lowest BCUT2D eigenvalue weighted by molar-refractivity contribution is -0.128. The maximum atomic E-state index is 13.6. The maximum Gasteiger partial charge on any atom is 0.248 e. The van der Waals surface area contributed by atoms with Crippen LogP contribution in [0.4, 0.5) is 10.8 Å². The minimum absolute atomic E-state index is 0.0519. The highest BCUT2D eigenvalue weighted by atomic mass is 32.1. The summed E-state index contributed by atoms with van der Waals surface area (Å²) in [4.78, 5) is 45.0. The van der Waals surface area contributed by atoms with Gasteiger partial charge in [0.25, 0.3) is 0 Å². The van der Waals surface area contributed by atoms with E-state index in [2.05, 4.69) is 15.6 Å². The first-order chi connectivity index (χ1) is 16.5. The first kappa shape index (κ1) is 25.9. The zero-order valence-electron chi connectivity index (χ0n) is 20.2. The number of phenolic OH excluding ortho intramolecular Hbond substituents is 1. The molecular formula is C26H30N4O4S. The molecule has 9 heteroatoms. The molecule has 0 spiro atoms. The summed E-state index contributed by atoms with van der Waals surface area (Å²) in [7, 11) is 0. The minimum Gasteiger partial charge on any atom is -0.508 e. The van der Waals surface area contributed by atoms with Gasteiger partial charge in [-0.05, 0) is 63.1 Å². The number of amides is 3. The number of phenols is 1. The first-order valence-corrected chi connectivity index (χ1v) is 12.1. The van der Waals surface area contributed by atoms with E-state index in [1.165, 1.54) is 28.4 Å². The van der Waals surface area contributed by atoms with Gasteiger partial charge in [0.1, 0.15) is 11.8 Å². The van der Waals surface area contributed by atoms with Crippen molar-refractivity contribution in [1.29, 1.82) is 0 Å². The zero-order valence-corrected chi connectivity index (χ0v) is 21.1. The van der Waals surface area contributed by atoms with Gasteiger partial charge >= 0.3 is 0 Å². The second-order valence-electron chi connectivity index (χ2n) is 9.22.